The lowest BCUT2D eigenvalue weighted by atomic mass is 9.79. The molecule has 1 aliphatic carbocycles. The molecule has 1 aromatic heterocycles. The van der Waals surface area contributed by atoms with Gasteiger partial charge in [0.05, 0.1) is 11.3 Å². The number of halogens is 1. The molecule has 1 atom stereocenters. The number of pyridine rings is 1. The summed E-state index contributed by atoms with van der Waals surface area (Å²) >= 11 is 6.03. The van der Waals surface area contributed by atoms with E-state index in [0.717, 1.165) is 35.2 Å². The Hall–Kier alpha value is -2.15. The number of benzene rings is 1. The highest BCUT2D eigenvalue weighted by atomic mass is 35.5. The first-order valence-corrected chi connectivity index (χ1v) is 15.6. The second-order valence-electron chi connectivity index (χ2n) is 10.4. The number of carbonyl (C=O) groups is 1. The fraction of sp³-hybridized carbons (Fsp3) is 0.440. The molecular formula is C25H30ClN3O2Si. The van der Waals surface area contributed by atoms with Crippen LogP contribution in [-0.2, 0) is 34.2 Å². The van der Waals surface area contributed by atoms with Crippen LogP contribution in [0.3, 0.4) is 0 Å². The van der Waals surface area contributed by atoms with Gasteiger partial charge in [0.2, 0.25) is 5.91 Å². The number of allylic oxidation sites excluding steroid dienone is 2. The quantitative estimate of drug-likeness (QED) is 0.374. The summed E-state index contributed by atoms with van der Waals surface area (Å²) in [5.74, 6) is 1.35. The summed E-state index contributed by atoms with van der Waals surface area (Å²) < 4.78 is 5.98. The number of carbonyl (C=O) groups excluding carboxylic acids is 1. The fourth-order valence-electron chi connectivity index (χ4n) is 5.06. The van der Waals surface area contributed by atoms with Crippen LogP contribution in [0.5, 0.6) is 0 Å². The van der Waals surface area contributed by atoms with Crippen molar-refractivity contribution in [3.63, 3.8) is 0 Å². The zero-order valence-corrected chi connectivity index (χ0v) is 20.8. The summed E-state index contributed by atoms with van der Waals surface area (Å²) in [6.45, 7) is 7.95. The minimum absolute atomic E-state index is 0.112. The normalized spacial score (nSPS) is 21.3. The van der Waals surface area contributed by atoms with Crippen LogP contribution in [0.15, 0.2) is 42.2 Å². The van der Waals surface area contributed by atoms with Crippen molar-refractivity contribution < 1.29 is 9.53 Å². The third-order valence-corrected chi connectivity index (χ3v) is 8.84. The van der Waals surface area contributed by atoms with Crippen molar-refractivity contribution in [1.82, 2.24) is 4.98 Å². The number of aromatic nitrogens is 1. The zero-order chi connectivity index (χ0) is 22.5. The van der Waals surface area contributed by atoms with Gasteiger partial charge in [-0.1, -0.05) is 37.8 Å². The lowest BCUT2D eigenvalue weighted by Crippen LogP contribution is -2.42. The fourth-order valence-corrected chi connectivity index (χ4v) is 6.00. The van der Waals surface area contributed by atoms with Crippen molar-refractivity contribution in [1.29, 1.82) is 0 Å². The summed E-state index contributed by atoms with van der Waals surface area (Å²) in [6.07, 6.45) is 6.19. The molecule has 1 spiro atoms. The van der Waals surface area contributed by atoms with Crippen molar-refractivity contribution in [2.24, 2.45) is 0 Å². The van der Waals surface area contributed by atoms with Gasteiger partial charge in [-0.05, 0) is 54.1 Å². The Bertz CT molecular complexity index is 1110. The molecule has 3 heterocycles. The smallest absolute Gasteiger partial charge is 0.241 e. The lowest BCUT2D eigenvalue weighted by Gasteiger charge is -2.23. The van der Waals surface area contributed by atoms with Gasteiger partial charge in [-0.2, -0.15) is 0 Å². The number of anilines is 2. The number of alkyl halides is 1. The number of rotatable bonds is 6. The third kappa shape index (κ3) is 3.68. The Morgan fingerprint density at radius 2 is 2.00 bits per heavy atom. The van der Waals surface area contributed by atoms with E-state index in [-0.39, 0.29) is 12.6 Å². The van der Waals surface area contributed by atoms with Gasteiger partial charge in [0.25, 0.3) is 0 Å². The number of nitrogens with zero attached hydrogens (tertiary/aromatic N) is 2. The van der Waals surface area contributed by atoms with Gasteiger partial charge < -0.3 is 10.1 Å². The molecule has 0 unspecified atom stereocenters. The topological polar surface area (TPSA) is 54.5 Å². The average Bonchev–Trinajstić information content (AvgIpc) is 3.24. The van der Waals surface area contributed by atoms with Crippen LogP contribution in [0.25, 0.3) is 0 Å². The predicted octanol–water partition coefficient (Wildman–Crippen LogP) is 4.87. The summed E-state index contributed by atoms with van der Waals surface area (Å²) in [5, 5.41) is 3.45. The van der Waals surface area contributed by atoms with E-state index in [9.17, 15) is 4.79 Å². The van der Waals surface area contributed by atoms with Crippen LogP contribution in [-0.4, -0.2) is 38.2 Å². The van der Waals surface area contributed by atoms with E-state index < -0.39 is 13.5 Å². The van der Waals surface area contributed by atoms with E-state index >= 15 is 0 Å². The largest absolute Gasteiger partial charge is 0.361 e. The Labute approximate surface area is 195 Å². The van der Waals surface area contributed by atoms with Crippen LogP contribution >= 0.6 is 11.6 Å². The lowest BCUT2D eigenvalue weighted by molar-refractivity contribution is -0.124. The minimum atomic E-state index is -1.18. The molecule has 1 aromatic carbocycles. The summed E-state index contributed by atoms with van der Waals surface area (Å²) in [4.78, 5) is 20.2. The monoisotopic (exact) mass is 467 g/mol. The maximum atomic E-state index is 13.8. The number of fused-ring (bicyclic) bond motifs is 4. The van der Waals surface area contributed by atoms with Crippen molar-refractivity contribution in [3.8, 4) is 0 Å². The first-order valence-electron chi connectivity index (χ1n) is 11.3. The SMILES string of the molecule is C[Si](C)(C)CCOCN1C(=O)[C@]2(Cc3cc4c(cc3C2)NC(CCl)=CC4)c2cccnc21. The van der Waals surface area contributed by atoms with Crippen molar-refractivity contribution in [2.45, 2.75) is 50.4 Å². The molecule has 0 saturated heterocycles. The molecule has 0 fully saturated rings. The molecule has 5 nitrogen and oxygen atoms in total. The summed E-state index contributed by atoms with van der Waals surface area (Å²) in [7, 11) is -1.18. The van der Waals surface area contributed by atoms with Crippen molar-refractivity contribution in [2.75, 3.05) is 29.4 Å². The maximum absolute atomic E-state index is 13.8. The molecule has 2 aliphatic heterocycles. The molecular weight excluding hydrogens is 438 g/mol. The maximum Gasteiger partial charge on any atom is 0.241 e. The van der Waals surface area contributed by atoms with Gasteiger partial charge >= 0.3 is 0 Å². The van der Waals surface area contributed by atoms with E-state index in [1.54, 1.807) is 11.1 Å². The molecule has 0 bridgehead atoms. The first-order chi connectivity index (χ1) is 15.3. The Balaban J connectivity index is 1.41. The summed E-state index contributed by atoms with van der Waals surface area (Å²) in [5.41, 5.74) is 6.36. The third-order valence-electron chi connectivity index (χ3n) is 6.85. The van der Waals surface area contributed by atoms with Crippen LogP contribution < -0.4 is 10.2 Å². The Morgan fingerprint density at radius 3 is 2.75 bits per heavy atom. The van der Waals surface area contributed by atoms with Crippen LogP contribution in [0.1, 0.15) is 22.3 Å². The van der Waals surface area contributed by atoms with E-state index in [2.05, 4.69) is 54.2 Å². The van der Waals surface area contributed by atoms with Gasteiger partial charge in [0, 0.05) is 37.8 Å². The van der Waals surface area contributed by atoms with Gasteiger partial charge in [0.15, 0.2) is 0 Å². The number of hydrogen-bond donors (Lipinski definition) is 1. The molecule has 7 heteroatoms. The molecule has 0 radical (unpaired) electrons. The van der Waals surface area contributed by atoms with Crippen LogP contribution in [0.4, 0.5) is 11.5 Å². The predicted molar refractivity (Wildman–Crippen MR) is 132 cm³/mol. The Morgan fingerprint density at radius 1 is 1.22 bits per heavy atom. The van der Waals surface area contributed by atoms with E-state index in [0.29, 0.717) is 25.3 Å². The zero-order valence-electron chi connectivity index (χ0n) is 19.0. The molecule has 5 rings (SSSR count). The van der Waals surface area contributed by atoms with E-state index in [1.165, 1.54) is 16.7 Å². The van der Waals surface area contributed by atoms with Gasteiger partial charge in [-0.3, -0.25) is 9.69 Å². The van der Waals surface area contributed by atoms with E-state index in [1.807, 2.05) is 6.07 Å². The van der Waals surface area contributed by atoms with E-state index in [4.69, 9.17) is 16.3 Å². The first kappa shape index (κ1) is 21.7. The number of amides is 1. The molecule has 2 aromatic rings. The second kappa shape index (κ2) is 8.01. The van der Waals surface area contributed by atoms with Crippen LogP contribution in [0, 0.1) is 0 Å². The number of ether oxygens (including phenoxy) is 1. The summed E-state index contributed by atoms with van der Waals surface area (Å²) in [6, 6.07) is 9.58. The minimum Gasteiger partial charge on any atom is -0.361 e. The highest BCUT2D eigenvalue weighted by Gasteiger charge is 2.54. The molecule has 0 saturated carbocycles. The molecule has 32 heavy (non-hydrogen) atoms. The molecule has 1 amide bonds. The molecule has 3 aliphatic rings. The van der Waals surface area contributed by atoms with Gasteiger partial charge in [-0.15, -0.1) is 11.6 Å². The van der Waals surface area contributed by atoms with Crippen molar-refractivity contribution >= 4 is 37.1 Å². The highest BCUT2D eigenvalue weighted by molar-refractivity contribution is 6.76. The molecule has 168 valence electrons. The standard InChI is InChI=1S/C25H30ClN3O2Si/c1-32(2,3)10-9-31-16-29-23-21(5-4-8-27-23)25(24(29)30)13-18-11-17-6-7-20(15-26)28-22(17)12-19(18)14-25/h4-5,7-8,11-12,28H,6,9-10,13-16H2,1-3H3/t25-/m0/s1. The molecule has 1 N–H and O–H groups in total. The Kier molecular flexibility index (Phi) is 5.43. The van der Waals surface area contributed by atoms with Crippen molar-refractivity contribution in [3.05, 3.63) is 64.5 Å². The number of hydrogen-bond acceptors (Lipinski definition) is 4. The van der Waals surface area contributed by atoms with Gasteiger partial charge in [-0.25, -0.2) is 4.98 Å². The average molecular weight is 468 g/mol. The van der Waals surface area contributed by atoms with Crippen LogP contribution in [0.2, 0.25) is 25.7 Å². The highest BCUT2D eigenvalue weighted by Crippen LogP contribution is 2.50. The van der Waals surface area contributed by atoms with Gasteiger partial charge in [0.1, 0.15) is 12.5 Å². The second-order valence-corrected chi connectivity index (χ2v) is 16.3. The number of nitrogens with one attached hydrogen (secondary N) is 1.